The summed E-state index contributed by atoms with van der Waals surface area (Å²) in [7, 11) is 0. The third-order valence-electron chi connectivity index (χ3n) is 13.6. The number of rotatable bonds is 6. The highest BCUT2D eigenvalue weighted by Crippen LogP contribution is 2.61. The molecule has 10 aromatic carbocycles. The van der Waals surface area contributed by atoms with E-state index >= 15 is 0 Å². The fourth-order valence-corrected chi connectivity index (χ4v) is 10.9. The standard InChI is InChI=1S/C61H40N2/c1-3-16-41(17-4-1)43-32-34-44(35-33-43)46-21-14-23-48(39-46)62(47-22-13-20-45(38-47)42-18-5-2-6-19-42)49-36-37-59-57(40-49)61(54-28-10-7-24-50(54)51-25-8-11-29-55(51)61)56-30-15-27-53-52-26-9-12-31-58(52)63(59)60(53)56/h1-40H. The van der Waals surface area contributed by atoms with Crippen molar-refractivity contribution >= 4 is 38.9 Å². The van der Waals surface area contributed by atoms with Gasteiger partial charge in [0.2, 0.25) is 0 Å². The van der Waals surface area contributed by atoms with Crippen molar-refractivity contribution in [2.45, 2.75) is 5.41 Å². The first-order valence-electron chi connectivity index (χ1n) is 21.8. The summed E-state index contributed by atoms with van der Waals surface area (Å²) < 4.78 is 2.54. The molecule has 0 N–H and O–H groups in total. The van der Waals surface area contributed by atoms with Gasteiger partial charge in [-0.2, -0.15) is 0 Å². The quantitative estimate of drug-likeness (QED) is 0.163. The van der Waals surface area contributed by atoms with Crippen LogP contribution in [0.4, 0.5) is 17.1 Å². The molecule has 1 aliphatic carbocycles. The molecular formula is C61H40N2. The molecule has 0 amide bonds. The Morgan fingerprint density at radius 2 is 0.762 bits per heavy atom. The van der Waals surface area contributed by atoms with Gasteiger partial charge in [0.25, 0.3) is 0 Å². The van der Waals surface area contributed by atoms with Crippen molar-refractivity contribution in [3.05, 3.63) is 265 Å². The Kier molecular flexibility index (Phi) is 7.85. The van der Waals surface area contributed by atoms with E-state index in [1.807, 2.05) is 0 Å². The zero-order valence-corrected chi connectivity index (χ0v) is 34.5. The highest BCUT2D eigenvalue weighted by molar-refractivity contribution is 6.13. The van der Waals surface area contributed by atoms with E-state index in [1.165, 1.54) is 94.3 Å². The Hall–Kier alpha value is -8.20. The van der Waals surface area contributed by atoms with Crippen molar-refractivity contribution in [1.82, 2.24) is 4.57 Å². The molecule has 2 nitrogen and oxygen atoms in total. The third kappa shape index (κ3) is 5.25. The molecular weight excluding hydrogens is 761 g/mol. The molecule has 294 valence electrons. The minimum atomic E-state index is -0.553. The average molecular weight is 801 g/mol. The lowest BCUT2D eigenvalue weighted by Crippen LogP contribution is -2.33. The van der Waals surface area contributed by atoms with E-state index in [4.69, 9.17) is 0 Å². The van der Waals surface area contributed by atoms with Crippen LogP contribution < -0.4 is 4.90 Å². The molecule has 2 aliphatic rings. The largest absolute Gasteiger partial charge is 0.310 e. The lowest BCUT2D eigenvalue weighted by molar-refractivity contribution is 0.748. The van der Waals surface area contributed by atoms with Gasteiger partial charge in [0.15, 0.2) is 0 Å². The maximum Gasteiger partial charge on any atom is 0.0755 e. The van der Waals surface area contributed by atoms with Gasteiger partial charge < -0.3 is 9.47 Å². The summed E-state index contributed by atoms with van der Waals surface area (Å²) in [6, 6.07) is 89.6. The molecule has 0 fully saturated rings. The van der Waals surface area contributed by atoms with Gasteiger partial charge >= 0.3 is 0 Å². The predicted molar refractivity (Wildman–Crippen MR) is 263 cm³/mol. The summed E-state index contributed by atoms with van der Waals surface area (Å²) in [6.07, 6.45) is 0. The summed E-state index contributed by atoms with van der Waals surface area (Å²) in [6.45, 7) is 0. The van der Waals surface area contributed by atoms with Crippen LogP contribution in [0.15, 0.2) is 243 Å². The number of nitrogens with zero attached hydrogens (tertiary/aromatic N) is 2. The highest BCUT2D eigenvalue weighted by atomic mass is 15.1. The smallest absolute Gasteiger partial charge is 0.0755 e. The van der Waals surface area contributed by atoms with Gasteiger partial charge in [0.05, 0.1) is 22.1 Å². The van der Waals surface area contributed by atoms with E-state index in [0.29, 0.717) is 0 Å². The Labute approximate surface area is 367 Å². The fourth-order valence-electron chi connectivity index (χ4n) is 10.9. The van der Waals surface area contributed by atoms with Crippen molar-refractivity contribution in [2.24, 2.45) is 0 Å². The maximum atomic E-state index is 2.54. The minimum absolute atomic E-state index is 0.553. The van der Waals surface area contributed by atoms with Crippen molar-refractivity contribution in [2.75, 3.05) is 4.90 Å². The number of anilines is 3. The van der Waals surface area contributed by atoms with Crippen LogP contribution in [-0.2, 0) is 5.41 Å². The van der Waals surface area contributed by atoms with Crippen LogP contribution in [0.2, 0.25) is 0 Å². The van der Waals surface area contributed by atoms with Crippen LogP contribution >= 0.6 is 0 Å². The van der Waals surface area contributed by atoms with Crippen molar-refractivity contribution < 1.29 is 0 Å². The zero-order valence-electron chi connectivity index (χ0n) is 34.5. The van der Waals surface area contributed by atoms with Crippen LogP contribution in [-0.4, -0.2) is 4.57 Å². The van der Waals surface area contributed by atoms with Crippen molar-refractivity contribution in [3.8, 4) is 50.2 Å². The molecule has 1 aromatic heterocycles. The van der Waals surface area contributed by atoms with Crippen molar-refractivity contribution in [3.63, 3.8) is 0 Å². The molecule has 2 heterocycles. The normalized spacial score (nSPS) is 12.9. The number of aromatic nitrogens is 1. The molecule has 11 aromatic rings. The lowest BCUT2D eigenvalue weighted by Gasteiger charge is -2.40. The van der Waals surface area contributed by atoms with Gasteiger partial charge in [0, 0.05) is 27.8 Å². The molecule has 13 rings (SSSR count). The molecule has 0 atom stereocenters. The molecule has 63 heavy (non-hydrogen) atoms. The lowest BCUT2D eigenvalue weighted by atomic mass is 9.65. The molecule has 1 aliphatic heterocycles. The van der Waals surface area contributed by atoms with E-state index in [1.54, 1.807) is 0 Å². The molecule has 0 bridgehead atoms. The second kappa shape index (κ2) is 13.9. The van der Waals surface area contributed by atoms with Gasteiger partial charge in [-0.05, 0) is 115 Å². The molecule has 0 saturated carbocycles. The van der Waals surface area contributed by atoms with Gasteiger partial charge in [-0.3, -0.25) is 0 Å². The van der Waals surface area contributed by atoms with E-state index < -0.39 is 5.41 Å². The summed E-state index contributed by atoms with van der Waals surface area (Å²) in [4.78, 5) is 2.46. The topological polar surface area (TPSA) is 8.17 Å². The fraction of sp³-hybridized carbons (Fsp3) is 0.0164. The van der Waals surface area contributed by atoms with E-state index in [2.05, 4.69) is 252 Å². The molecule has 2 heteroatoms. The summed E-state index contributed by atoms with van der Waals surface area (Å²) >= 11 is 0. The predicted octanol–water partition coefficient (Wildman–Crippen LogP) is 15.9. The van der Waals surface area contributed by atoms with Crippen LogP contribution in [0.25, 0.3) is 72.0 Å². The second-order valence-electron chi connectivity index (χ2n) is 16.8. The van der Waals surface area contributed by atoms with Gasteiger partial charge in [-0.15, -0.1) is 0 Å². The van der Waals surface area contributed by atoms with Crippen molar-refractivity contribution in [1.29, 1.82) is 0 Å². The van der Waals surface area contributed by atoms with Crippen LogP contribution in [0.3, 0.4) is 0 Å². The van der Waals surface area contributed by atoms with Gasteiger partial charge in [0.1, 0.15) is 0 Å². The van der Waals surface area contributed by atoms with Crippen LogP contribution in [0.1, 0.15) is 22.3 Å². The Balaban J connectivity index is 1.07. The number of hydrogen-bond donors (Lipinski definition) is 0. The average Bonchev–Trinajstić information content (AvgIpc) is 3.86. The Morgan fingerprint density at radius 3 is 1.41 bits per heavy atom. The van der Waals surface area contributed by atoms with Gasteiger partial charge in [-0.25, -0.2) is 0 Å². The highest BCUT2D eigenvalue weighted by Gasteiger charge is 2.51. The minimum Gasteiger partial charge on any atom is -0.310 e. The van der Waals surface area contributed by atoms with Crippen LogP contribution in [0, 0.1) is 0 Å². The third-order valence-corrected chi connectivity index (χ3v) is 13.6. The second-order valence-corrected chi connectivity index (χ2v) is 16.8. The van der Waals surface area contributed by atoms with Crippen LogP contribution in [0.5, 0.6) is 0 Å². The summed E-state index contributed by atoms with van der Waals surface area (Å²) in [5.41, 5.74) is 21.4. The zero-order chi connectivity index (χ0) is 41.5. The number of benzene rings is 10. The number of fused-ring (bicyclic) bond motifs is 12. The summed E-state index contributed by atoms with van der Waals surface area (Å²) in [5, 5.41) is 2.56. The molecule has 0 saturated heterocycles. The first-order chi connectivity index (χ1) is 31.3. The molecule has 0 unspecified atom stereocenters. The SMILES string of the molecule is c1ccc(-c2ccc(-c3cccc(N(c4cccc(-c5ccccc5)c4)c4ccc5c(c4)C4(c6ccccc6-c6ccccc64)c4cccc6c7ccccc7n-5c46)c3)cc2)cc1. The van der Waals surface area contributed by atoms with E-state index in [-0.39, 0.29) is 0 Å². The number of para-hydroxylation sites is 2. The monoisotopic (exact) mass is 800 g/mol. The Bertz CT molecular complexity index is 3520. The van der Waals surface area contributed by atoms with E-state index in [0.717, 1.165) is 17.1 Å². The Morgan fingerprint density at radius 1 is 0.302 bits per heavy atom. The first-order valence-corrected chi connectivity index (χ1v) is 21.8. The maximum absolute atomic E-state index is 2.54. The number of hydrogen-bond acceptors (Lipinski definition) is 1. The van der Waals surface area contributed by atoms with Gasteiger partial charge in [-0.1, -0.05) is 194 Å². The molecule has 1 spiro atoms. The first kappa shape index (κ1) is 35.5. The van der Waals surface area contributed by atoms with E-state index in [9.17, 15) is 0 Å². The molecule has 0 radical (unpaired) electrons. The summed E-state index contributed by atoms with van der Waals surface area (Å²) in [5.74, 6) is 0.